The van der Waals surface area contributed by atoms with Gasteiger partial charge in [0.2, 0.25) is 0 Å². The van der Waals surface area contributed by atoms with Crippen molar-refractivity contribution < 1.29 is 8.78 Å². The highest BCUT2D eigenvalue weighted by Gasteiger charge is 2.67. The number of aromatic nitrogens is 6. The van der Waals surface area contributed by atoms with E-state index in [0.717, 1.165) is 0 Å². The Hall–Kier alpha value is -3.11. The summed E-state index contributed by atoms with van der Waals surface area (Å²) in [4.78, 5) is 37.4. The predicted octanol–water partition coefficient (Wildman–Crippen LogP) is 0.428. The van der Waals surface area contributed by atoms with Crippen LogP contribution in [0.2, 0.25) is 0 Å². The van der Waals surface area contributed by atoms with Gasteiger partial charge < -0.3 is 9.88 Å². The second-order valence-corrected chi connectivity index (χ2v) is 6.81. The van der Waals surface area contributed by atoms with Crippen LogP contribution in [-0.2, 0) is 0 Å². The van der Waals surface area contributed by atoms with Crippen molar-refractivity contribution in [3.8, 4) is 5.69 Å². The van der Waals surface area contributed by atoms with Crippen LogP contribution in [-0.4, -0.2) is 48.7 Å². The van der Waals surface area contributed by atoms with E-state index < -0.39 is 29.1 Å². The molecule has 0 amide bonds. The van der Waals surface area contributed by atoms with Gasteiger partial charge in [-0.15, -0.1) is 5.10 Å². The molecule has 134 valence electrons. The lowest BCUT2D eigenvalue weighted by Gasteiger charge is -2.16. The summed E-state index contributed by atoms with van der Waals surface area (Å²) in [5.41, 5.74) is -1.85. The van der Waals surface area contributed by atoms with Gasteiger partial charge in [0, 0.05) is 18.9 Å². The van der Waals surface area contributed by atoms with E-state index in [1.807, 2.05) is 0 Å². The molecule has 0 radical (unpaired) electrons. The van der Waals surface area contributed by atoms with E-state index in [9.17, 15) is 18.4 Å². The van der Waals surface area contributed by atoms with Gasteiger partial charge in [-0.2, -0.15) is 0 Å². The lowest BCUT2D eigenvalue weighted by molar-refractivity contribution is -0.0334. The first-order valence-electron chi connectivity index (χ1n) is 8.04. The van der Waals surface area contributed by atoms with Crippen LogP contribution in [0.5, 0.6) is 0 Å². The van der Waals surface area contributed by atoms with Crippen LogP contribution < -0.4 is 16.1 Å². The van der Waals surface area contributed by atoms with Crippen LogP contribution in [0.3, 0.4) is 0 Å². The van der Waals surface area contributed by atoms with E-state index in [-0.39, 0.29) is 17.9 Å². The quantitative estimate of drug-likeness (QED) is 0.684. The summed E-state index contributed by atoms with van der Waals surface area (Å²) in [6.07, 6.45) is 5.02. The van der Waals surface area contributed by atoms with Crippen molar-refractivity contribution in [2.45, 2.75) is 18.8 Å². The molecule has 2 fully saturated rings. The third-order valence-electron chi connectivity index (χ3n) is 5.15. The van der Waals surface area contributed by atoms with Crippen LogP contribution in [0.15, 0.2) is 28.3 Å². The van der Waals surface area contributed by atoms with Gasteiger partial charge in [-0.25, -0.2) is 28.2 Å². The van der Waals surface area contributed by atoms with E-state index in [0.29, 0.717) is 24.0 Å². The molecule has 3 aromatic heterocycles. The fourth-order valence-electron chi connectivity index (χ4n) is 3.54. The van der Waals surface area contributed by atoms with Gasteiger partial charge in [-0.3, -0.25) is 9.78 Å². The average Bonchev–Trinajstić information content (AvgIpc) is 3.16. The topological polar surface area (TPSA) is 113 Å². The Balaban J connectivity index is 1.61. The summed E-state index contributed by atoms with van der Waals surface area (Å²) >= 11 is 0. The molecule has 2 aliphatic rings. The highest BCUT2D eigenvalue weighted by atomic mass is 19.3. The molecule has 1 aliphatic heterocycles. The van der Waals surface area contributed by atoms with Gasteiger partial charge in [0.25, 0.3) is 11.5 Å². The number of fused-ring (bicyclic) bond motifs is 1. The summed E-state index contributed by atoms with van der Waals surface area (Å²) < 4.78 is 29.8. The normalized spacial score (nSPS) is 20.2. The molecule has 3 aromatic rings. The smallest absolute Gasteiger partial charge is 0.325 e. The highest BCUT2D eigenvalue weighted by molar-refractivity contribution is 5.87. The minimum absolute atomic E-state index is 0.0824. The van der Waals surface area contributed by atoms with Gasteiger partial charge in [0.15, 0.2) is 5.65 Å². The number of rotatable bonds is 2. The Bertz CT molecular complexity index is 1140. The third-order valence-corrected chi connectivity index (χ3v) is 5.15. The molecule has 0 bridgehead atoms. The number of halogens is 2. The molecule has 1 saturated heterocycles. The third kappa shape index (κ3) is 2.02. The highest BCUT2D eigenvalue weighted by Crippen LogP contribution is 2.61. The molecular formula is C15H13F2N7O2. The molecular weight excluding hydrogens is 348 g/mol. The van der Waals surface area contributed by atoms with Gasteiger partial charge in [-0.05, 0) is 12.8 Å². The molecule has 0 atom stereocenters. The van der Waals surface area contributed by atoms with Crippen molar-refractivity contribution in [3.05, 3.63) is 39.6 Å². The van der Waals surface area contributed by atoms with Crippen molar-refractivity contribution in [2.75, 3.05) is 18.0 Å². The number of nitrogens with one attached hydrogen (secondary N) is 2. The van der Waals surface area contributed by atoms with Gasteiger partial charge >= 0.3 is 5.69 Å². The SMILES string of the molecule is O=c1[nH]cc(-n2cc3c(N4CC(F)(F)C5(CC5)C4)ncnc3n2)c(=O)[nH]1. The fraction of sp³-hybridized carbons (Fsp3) is 0.400. The monoisotopic (exact) mass is 361 g/mol. The maximum atomic E-state index is 14.3. The average molecular weight is 361 g/mol. The Kier molecular flexibility index (Phi) is 2.77. The number of aromatic amines is 2. The van der Waals surface area contributed by atoms with Crippen molar-refractivity contribution >= 4 is 16.9 Å². The Morgan fingerprint density at radius 3 is 2.65 bits per heavy atom. The lowest BCUT2D eigenvalue weighted by atomic mass is 10.0. The van der Waals surface area contributed by atoms with Crippen molar-refractivity contribution in [1.82, 2.24) is 29.7 Å². The van der Waals surface area contributed by atoms with Crippen LogP contribution >= 0.6 is 0 Å². The van der Waals surface area contributed by atoms with Crippen LogP contribution in [0, 0.1) is 5.41 Å². The maximum Gasteiger partial charge on any atom is 0.325 e. The second-order valence-electron chi connectivity index (χ2n) is 6.81. The molecule has 11 heteroatoms. The van der Waals surface area contributed by atoms with Gasteiger partial charge in [0.1, 0.15) is 17.8 Å². The first-order valence-corrected chi connectivity index (χ1v) is 8.04. The van der Waals surface area contributed by atoms with Crippen molar-refractivity contribution in [3.63, 3.8) is 0 Å². The van der Waals surface area contributed by atoms with Crippen LogP contribution in [0.25, 0.3) is 16.7 Å². The summed E-state index contributed by atoms with van der Waals surface area (Å²) in [7, 11) is 0. The summed E-state index contributed by atoms with van der Waals surface area (Å²) in [6, 6.07) is 0. The summed E-state index contributed by atoms with van der Waals surface area (Å²) in [5.74, 6) is -2.39. The van der Waals surface area contributed by atoms with E-state index >= 15 is 0 Å². The minimum Gasteiger partial charge on any atom is -0.349 e. The van der Waals surface area contributed by atoms with E-state index in [2.05, 4.69) is 25.0 Å². The van der Waals surface area contributed by atoms with Gasteiger partial charge in [0.05, 0.1) is 17.3 Å². The zero-order chi connectivity index (χ0) is 18.1. The molecule has 0 aromatic carbocycles. The molecule has 2 N–H and O–H groups in total. The van der Waals surface area contributed by atoms with E-state index in [1.54, 1.807) is 4.90 Å². The van der Waals surface area contributed by atoms with Crippen LogP contribution in [0.4, 0.5) is 14.6 Å². The number of hydrogen-bond donors (Lipinski definition) is 2. The van der Waals surface area contributed by atoms with Gasteiger partial charge in [-0.1, -0.05) is 0 Å². The molecule has 1 saturated carbocycles. The zero-order valence-electron chi connectivity index (χ0n) is 13.4. The van der Waals surface area contributed by atoms with Crippen molar-refractivity contribution in [2.24, 2.45) is 5.41 Å². The second kappa shape index (κ2) is 4.74. The molecule has 0 unspecified atom stereocenters. The minimum atomic E-state index is -2.75. The number of alkyl halides is 2. The standard InChI is InChI=1S/C15H13F2N7O2/c16-15(17)6-23(5-14(15)1-2-14)11-8-4-24(22-10(8)19-7-20-11)9-3-18-13(26)21-12(9)25/h3-4,7H,1-2,5-6H2,(H2,18,21,25,26). The molecule has 1 aliphatic carbocycles. The molecule has 1 spiro atoms. The first kappa shape index (κ1) is 15.2. The van der Waals surface area contributed by atoms with E-state index in [4.69, 9.17) is 0 Å². The molecule has 9 nitrogen and oxygen atoms in total. The first-order chi connectivity index (χ1) is 12.4. The van der Waals surface area contributed by atoms with Crippen LogP contribution in [0.1, 0.15) is 12.8 Å². The number of H-pyrrole nitrogens is 2. The summed E-state index contributed by atoms with van der Waals surface area (Å²) in [6.45, 7) is -0.167. The molecule has 26 heavy (non-hydrogen) atoms. The lowest BCUT2D eigenvalue weighted by Crippen LogP contribution is -2.28. The Morgan fingerprint density at radius 2 is 1.96 bits per heavy atom. The van der Waals surface area contributed by atoms with Crippen molar-refractivity contribution in [1.29, 1.82) is 0 Å². The number of nitrogens with zero attached hydrogens (tertiary/aromatic N) is 5. The molecule has 5 rings (SSSR count). The number of hydrogen-bond acceptors (Lipinski definition) is 6. The summed E-state index contributed by atoms with van der Waals surface area (Å²) in [5, 5.41) is 4.67. The Labute approximate surface area is 143 Å². The maximum absolute atomic E-state index is 14.3. The molecule has 4 heterocycles. The predicted molar refractivity (Wildman–Crippen MR) is 86.7 cm³/mol. The van der Waals surface area contributed by atoms with E-state index in [1.165, 1.54) is 23.4 Å². The largest absolute Gasteiger partial charge is 0.349 e. The fourth-order valence-corrected chi connectivity index (χ4v) is 3.54. The zero-order valence-corrected chi connectivity index (χ0v) is 13.4. The number of anilines is 1. The Morgan fingerprint density at radius 1 is 1.15 bits per heavy atom.